The zero-order valence-corrected chi connectivity index (χ0v) is 13.4. The summed E-state index contributed by atoms with van der Waals surface area (Å²) in [6, 6.07) is 2.18. The van der Waals surface area contributed by atoms with E-state index >= 15 is 0 Å². The first-order chi connectivity index (χ1) is 9.94. The third-order valence-corrected chi connectivity index (χ3v) is 2.75. The molecule has 0 radical (unpaired) electrons. The second kappa shape index (κ2) is 9.06. The summed E-state index contributed by atoms with van der Waals surface area (Å²) in [4.78, 5) is 22.6. The number of carbonyl (C=O) groups excluding carboxylic acids is 1. The van der Waals surface area contributed by atoms with E-state index in [4.69, 9.17) is 15.2 Å². The van der Waals surface area contributed by atoms with Crippen molar-refractivity contribution >= 4 is 24.0 Å². The van der Waals surface area contributed by atoms with Crippen LogP contribution in [0.15, 0.2) is 12.1 Å². The minimum atomic E-state index is -0.635. The Morgan fingerprint density at radius 2 is 2.09 bits per heavy atom. The zero-order chi connectivity index (χ0) is 16.0. The highest BCUT2D eigenvalue weighted by Crippen LogP contribution is 2.34. The second-order valence-corrected chi connectivity index (χ2v) is 4.32. The Kier molecular flexibility index (Phi) is 8.21. The average molecular weight is 334 g/mol. The van der Waals surface area contributed by atoms with Crippen LogP contribution in [0.3, 0.4) is 0 Å². The van der Waals surface area contributed by atoms with Crippen molar-refractivity contribution in [3.05, 3.63) is 27.8 Å². The molecule has 1 rings (SSSR count). The van der Waals surface area contributed by atoms with Gasteiger partial charge in [-0.3, -0.25) is 14.9 Å². The van der Waals surface area contributed by atoms with Gasteiger partial charge >= 0.3 is 0 Å². The van der Waals surface area contributed by atoms with Gasteiger partial charge in [0.15, 0.2) is 11.5 Å². The molecule has 0 saturated heterocycles. The summed E-state index contributed by atoms with van der Waals surface area (Å²) in [6.07, 6.45) is 0. The van der Waals surface area contributed by atoms with Crippen molar-refractivity contribution < 1.29 is 19.2 Å². The molecule has 9 heteroatoms. The highest BCUT2D eigenvalue weighted by Gasteiger charge is 2.25. The maximum atomic E-state index is 12.1. The van der Waals surface area contributed by atoms with Gasteiger partial charge in [-0.05, 0) is 13.8 Å². The molecule has 8 nitrogen and oxygen atoms in total. The number of benzene rings is 1. The van der Waals surface area contributed by atoms with E-state index in [1.807, 2.05) is 0 Å². The maximum Gasteiger partial charge on any atom is 0.286 e. The van der Waals surface area contributed by atoms with E-state index in [0.717, 1.165) is 0 Å². The number of nitrogens with zero attached hydrogens (tertiary/aromatic N) is 1. The van der Waals surface area contributed by atoms with Crippen LogP contribution in [0.25, 0.3) is 0 Å². The molecule has 0 aliphatic heterocycles. The van der Waals surface area contributed by atoms with Crippen LogP contribution >= 0.6 is 12.4 Å². The molecule has 1 amide bonds. The Morgan fingerprint density at radius 1 is 1.45 bits per heavy atom. The van der Waals surface area contributed by atoms with Crippen LogP contribution in [0, 0.1) is 10.1 Å². The molecule has 1 aromatic carbocycles. The van der Waals surface area contributed by atoms with Gasteiger partial charge in [-0.25, -0.2) is 0 Å². The highest BCUT2D eigenvalue weighted by atomic mass is 35.5. The minimum absolute atomic E-state index is 0. The molecule has 0 aliphatic carbocycles. The van der Waals surface area contributed by atoms with Gasteiger partial charge in [0.25, 0.3) is 11.6 Å². The number of nitro groups is 1. The highest BCUT2D eigenvalue weighted by molar-refractivity contribution is 5.99. The third-order valence-electron chi connectivity index (χ3n) is 2.75. The minimum Gasteiger partial charge on any atom is -0.493 e. The number of rotatable bonds is 7. The number of ether oxygens (including phenoxy) is 2. The van der Waals surface area contributed by atoms with Gasteiger partial charge in [-0.1, -0.05) is 0 Å². The summed E-state index contributed by atoms with van der Waals surface area (Å²) in [5, 5.41) is 13.7. The lowest BCUT2D eigenvalue weighted by Crippen LogP contribution is -2.38. The Morgan fingerprint density at radius 3 is 2.55 bits per heavy atom. The molecule has 0 spiro atoms. The topological polar surface area (TPSA) is 117 Å². The first-order valence-corrected chi connectivity index (χ1v) is 6.44. The van der Waals surface area contributed by atoms with Crippen molar-refractivity contribution in [1.29, 1.82) is 0 Å². The summed E-state index contributed by atoms with van der Waals surface area (Å²) in [5.41, 5.74) is 4.98. The summed E-state index contributed by atoms with van der Waals surface area (Å²) in [7, 11) is 1.40. The number of carbonyl (C=O) groups is 1. The van der Waals surface area contributed by atoms with E-state index in [2.05, 4.69) is 5.32 Å². The summed E-state index contributed by atoms with van der Waals surface area (Å²) in [5.74, 6) is -0.107. The lowest BCUT2D eigenvalue weighted by molar-refractivity contribution is -0.385. The third kappa shape index (κ3) is 4.74. The molecule has 22 heavy (non-hydrogen) atoms. The normalized spacial score (nSPS) is 11.1. The predicted octanol–water partition coefficient (Wildman–Crippen LogP) is 1.50. The molecule has 1 atom stereocenters. The molecule has 0 aliphatic rings. The summed E-state index contributed by atoms with van der Waals surface area (Å²) in [6.45, 7) is 4.00. The fourth-order valence-corrected chi connectivity index (χ4v) is 1.67. The van der Waals surface area contributed by atoms with Gasteiger partial charge < -0.3 is 20.5 Å². The van der Waals surface area contributed by atoms with E-state index in [-0.39, 0.29) is 47.7 Å². The number of halogens is 1. The Bertz CT molecular complexity index is 539. The smallest absolute Gasteiger partial charge is 0.286 e. The van der Waals surface area contributed by atoms with Gasteiger partial charge in [-0.2, -0.15) is 0 Å². The van der Waals surface area contributed by atoms with Crippen molar-refractivity contribution in [3.63, 3.8) is 0 Å². The van der Waals surface area contributed by atoms with Crippen LogP contribution in [0.4, 0.5) is 5.69 Å². The van der Waals surface area contributed by atoms with Crippen LogP contribution in [-0.2, 0) is 0 Å². The number of methoxy groups -OCH3 is 1. The van der Waals surface area contributed by atoms with Crippen LogP contribution in [0.2, 0.25) is 0 Å². The van der Waals surface area contributed by atoms with Crippen molar-refractivity contribution in [2.45, 2.75) is 19.9 Å². The Hall–Kier alpha value is -2.06. The van der Waals surface area contributed by atoms with E-state index in [0.29, 0.717) is 6.61 Å². The largest absolute Gasteiger partial charge is 0.493 e. The van der Waals surface area contributed by atoms with Gasteiger partial charge in [0, 0.05) is 18.7 Å². The number of nitrogens with two attached hydrogens (primary N) is 1. The number of hydrogen-bond acceptors (Lipinski definition) is 6. The SMILES string of the molecule is CCOc1cc([N+](=O)[O-])c(C(=O)N[C@@H](C)CN)cc1OC.Cl. The average Bonchev–Trinajstić information content (AvgIpc) is 2.46. The van der Waals surface area contributed by atoms with Crippen molar-refractivity contribution in [3.8, 4) is 11.5 Å². The molecule has 124 valence electrons. The lowest BCUT2D eigenvalue weighted by Gasteiger charge is -2.14. The molecule has 0 saturated carbocycles. The fraction of sp³-hybridized carbons (Fsp3) is 0.462. The first kappa shape index (κ1) is 19.9. The van der Waals surface area contributed by atoms with E-state index < -0.39 is 10.8 Å². The molecule has 0 aromatic heterocycles. The standard InChI is InChI=1S/C13H19N3O5.ClH/c1-4-21-12-6-10(16(18)19)9(5-11(12)20-3)13(17)15-8(2)7-14;/h5-6,8H,4,7,14H2,1-3H3,(H,15,17);1H/t8-;/m0./s1. The maximum absolute atomic E-state index is 12.1. The van der Waals surface area contributed by atoms with Crippen LogP contribution in [0.5, 0.6) is 11.5 Å². The Balaban J connectivity index is 0.00000441. The molecule has 0 bridgehead atoms. The Labute approximate surface area is 134 Å². The number of amides is 1. The van der Waals surface area contributed by atoms with E-state index in [1.54, 1.807) is 13.8 Å². The monoisotopic (exact) mass is 333 g/mol. The molecule has 1 aromatic rings. The quantitative estimate of drug-likeness (QED) is 0.577. The number of hydrogen-bond donors (Lipinski definition) is 2. The zero-order valence-electron chi connectivity index (χ0n) is 12.6. The molecular weight excluding hydrogens is 314 g/mol. The van der Waals surface area contributed by atoms with Gasteiger partial charge in [0.1, 0.15) is 5.56 Å². The second-order valence-electron chi connectivity index (χ2n) is 4.32. The first-order valence-electron chi connectivity index (χ1n) is 6.44. The van der Waals surface area contributed by atoms with Crippen molar-refractivity contribution in [2.24, 2.45) is 5.73 Å². The van der Waals surface area contributed by atoms with Crippen molar-refractivity contribution in [2.75, 3.05) is 20.3 Å². The number of nitro benzene ring substituents is 1. The van der Waals surface area contributed by atoms with Crippen LogP contribution in [0.1, 0.15) is 24.2 Å². The summed E-state index contributed by atoms with van der Waals surface area (Å²) >= 11 is 0. The predicted molar refractivity (Wildman–Crippen MR) is 84.0 cm³/mol. The molecule has 0 fully saturated rings. The molecular formula is C13H20ClN3O5. The van der Waals surface area contributed by atoms with Gasteiger partial charge in [-0.15, -0.1) is 12.4 Å². The van der Waals surface area contributed by atoms with Crippen LogP contribution < -0.4 is 20.5 Å². The van der Waals surface area contributed by atoms with E-state index in [1.165, 1.54) is 19.2 Å². The van der Waals surface area contributed by atoms with Gasteiger partial charge in [0.05, 0.1) is 24.7 Å². The molecule has 0 unspecified atom stereocenters. The fourth-order valence-electron chi connectivity index (χ4n) is 1.67. The summed E-state index contributed by atoms with van der Waals surface area (Å²) < 4.78 is 10.4. The molecule has 3 N–H and O–H groups in total. The van der Waals surface area contributed by atoms with Crippen LogP contribution in [-0.4, -0.2) is 37.1 Å². The van der Waals surface area contributed by atoms with Gasteiger partial charge in [0.2, 0.25) is 0 Å². The van der Waals surface area contributed by atoms with E-state index in [9.17, 15) is 14.9 Å². The lowest BCUT2D eigenvalue weighted by atomic mass is 10.1. The molecule has 0 heterocycles. The van der Waals surface area contributed by atoms with Crippen molar-refractivity contribution in [1.82, 2.24) is 5.32 Å². The number of nitrogens with one attached hydrogen (secondary N) is 1.